The van der Waals surface area contributed by atoms with E-state index in [9.17, 15) is 9.18 Å². The fourth-order valence-electron chi connectivity index (χ4n) is 2.25. The van der Waals surface area contributed by atoms with Crippen LogP contribution in [-0.2, 0) is 11.2 Å². The van der Waals surface area contributed by atoms with Crippen molar-refractivity contribution in [2.24, 2.45) is 0 Å². The molecule has 0 radical (unpaired) electrons. The van der Waals surface area contributed by atoms with Gasteiger partial charge in [0.05, 0.1) is 11.0 Å². The van der Waals surface area contributed by atoms with Crippen LogP contribution in [0.25, 0.3) is 11.0 Å². The quantitative estimate of drug-likeness (QED) is 0.863. The number of hydrogen-bond donors (Lipinski definition) is 1. The highest BCUT2D eigenvalue weighted by molar-refractivity contribution is 6.17. The molecule has 1 N–H and O–H groups in total. The summed E-state index contributed by atoms with van der Waals surface area (Å²) in [6, 6.07) is 3.92. The largest absolute Gasteiger partial charge is 0.355 e. The average molecular weight is 298 g/mol. The Morgan fingerprint density at radius 1 is 1.55 bits per heavy atom. The van der Waals surface area contributed by atoms with Crippen molar-refractivity contribution in [3.05, 3.63) is 29.8 Å². The van der Waals surface area contributed by atoms with Crippen molar-refractivity contribution in [2.75, 3.05) is 12.4 Å². The van der Waals surface area contributed by atoms with Gasteiger partial charge >= 0.3 is 0 Å². The molecular weight excluding hydrogens is 281 g/mol. The van der Waals surface area contributed by atoms with Crippen LogP contribution in [0.3, 0.4) is 0 Å². The van der Waals surface area contributed by atoms with Crippen LogP contribution < -0.4 is 5.32 Å². The summed E-state index contributed by atoms with van der Waals surface area (Å²) in [5, 5.41) is 2.77. The monoisotopic (exact) mass is 297 g/mol. The molecule has 1 aromatic heterocycles. The Hall–Kier alpha value is -1.62. The number of aromatic nitrogens is 2. The maximum Gasteiger partial charge on any atom is 0.242 e. The normalized spacial score (nSPS) is 12.6. The summed E-state index contributed by atoms with van der Waals surface area (Å²) in [6.07, 6.45) is 0.529. The summed E-state index contributed by atoms with van der Waals surface area (Å²) in [7, 11) is 0. The zero-order valence-electron chi connectivity index (χ0n) is 11.5. The Kier molecular flexibility index (Phi) is 4.60. The van der Waals surface area contributed by atoms with Crippen molar-refractivity contribution < 1.29 is 9.18 Å². The van der Waals surface area contributed by atoms with E-state index in [0.29, 0.717) is 35.7 Å². The van der Waals surface area contributed by atoms with E-state index in [4.69, 9.17) is 11.6 Å². The number of carbonyl (C=O) groups is 1. The van der Waals surface area contributed by atoms with Gasteiger partial charge in [-0.1, -0.05) is 0 Å². The Morgan fingerprint density at radius 3 is 2.95 bits per heavy atom. The van der Waals surface area contributed by atoms with Crippen LogP contribution in [0, 0.1) is 5.82 Å². The lowest BCUT2D eigenvalue weighted by Crippen LogP contribution is -2.31. The van der Waals surface area contributed by atoms with Crippen molar-refractivity contribution in [3.8, 4) is 0 Å². The number of aryl methyl sites for hydroxylation is 1. The minimum absolute atomic E-state index is 0.119. The second-order valence-corrected chi connectivity index (χ2v) is 4.92. The molecule has 4 nitrogen and oxygen atoms in total. The summed E-state index contributed by atoms with van der Waals surface area (Å²) in [5.74, 6) is 0.624. The Morgan fingerprint density at radius 2 is 2.30 bits per heavy atom. The first-order chi connectivity index (χ1) is 9.58. The second kappa shape index (κ2) is 6.22. The highest BCUT2D eigenvalue weighted by Crippen LogP contribution is 2.23. The zero-order valence-corrected chi connectivity index (χ0v) is 12.2. The van der Waals surface area contributed by atoms with E-state index < -0.39 is 6.04 Å². The number of rotatable bonds is 5. The molecule has 1 atom stereocenters. The fourth-order valence-corrected chi connectivity index (χ4v) is 2.42. The van der Waals surface area contributed by atoms with E-state index in [1.165, 1.54) is 12.1 Å². The summed E-state index contributed by atoms with van der Waals surface area (Å²) < 4.78 is 15.2. The fraction of sp³-hybridized carbons (Fsp3) is 0.429. The van der Waals surface area contributed by atoms with Gasteiger partial charge in [-0.2, -0.15) is 0 Å². The standard InChI is InChI=1S/C14H17ClFN3O/c1-3-17-14(20)9(2)19-12-8-10(16)4-5-11(12)18-13(19)6-7-15/h4-5,8-9H,3,6-7H2,1-2H3,(H,17,20). The van der Waals surface area contributed by atoms with Crippen molar-refractivity contribution in [1.29, 1.82) is 0 Å². The summed E-state index contributed by atoms with van der Waals surface area (Å²) in [6.45, 7) is 4.18. The highest BCUT2D eigenvalue weighted by Gasteiger charge is 2.21. The van der Waals surface area contributed by atoms with Gasteiger partial charge in [0.25, 0.3) is 0 Å². The van der Waals surface area contributed by atoms with Gasteiger partial charge in [-0.3, -0.25) is 4.79 Å². The minimum atomic E-state index is -0.458. The second-order valence-electron chi connectivity index (χ2n) is 4.54. The van der Waals surface area contributed by atoms with Crippen LogP contribution >= 0.6 is 11.6 Å². The van der Waals surface area contributed by atoms with Crippen molar-refractivity contribution in [1.82, 2.24) is 14.9 Å². The first-order valence-corrected chi connectivity index (χ1v) is 7.12. The lowest BCUT2D eigenvalue weighted by atomic mass is 10.2. The molecule has 1 amide bonds. The number of nitrogens with zero attached hydrogens (tertiary/aromatic N) is 2. The van der Waals surface area contributed by atoms with Crippen LogP contribution in [0.2, 0.25) is 0 Å². The molecule has 2 rings (SSSR count). The minimum Gasteiger partial charge on any atom is -0.355 e. The van der Waals surface area contributed by atoms with Gasteiger partial charge in [0, 0.05) is 18.8 Å². The van der Waals surface area contributed by atoms with Gasteiger partial charge in [-0.05, 0) is 32.0 Å². The van der Waals surface area contributed by atoms with Crippen LogP contribution in [0.1, 0.15) is 25.7 Å². The molecule has 1 aromatic carbocycles. The van der Waals surface area contributed by atoms with Crippen molar-refractivity contribution in [3.63, 3.8) is 0 Å². The predicted octanol–water partition coefficient (Wildman–Crippen LogP) is 2.65. The maximum absolute atomic E-state index is 13.5. The molecular formula is C14H17ClFN3O. The molecule has 0 aliphatic carbocycles. The number of imidazole rings is 1. The van der Waals surface area contributed by atoms with Gasteiger partial charge in [-0.25, -0.2) is 9.37 Å². The van der Waals surface area contributed by atoms with E-state index in [1.807, 2.05) is 6.92 Å². The Balaban J connectivity index is 2.55. The lowest BCUT2D eigenvalue weighted by molar-refractivity contribution is -0.123. The molecule has 108 valence electrons. The molecule has 1 unspecified atom stereocenters. The van der Waals surface area contributed by atoms with Crippen LogP contribution in [0.5, 0.6) is 0 Å². The SMILES string of the molecule is CCNC(=O)C(C)n1c(CCCl)nc2ccc(F)cc21. The molecule has 0 bridgehead atoms. The van der Waals surface area contributed by atoms with Crippen LogP contribution in [0.4, 0.5) is 4.39 Å². The van der Waals surface area contributed by atoms with Gasteiger partial charge in [0.15, 0.2) is 0 Å². The molecule has 2 aromatic rings. The number of fused-ring (bicyclic) bond motifs is 1. The van der Waals surface area contributed by atoms with Gasteiger partial charge < -0.3 is 9.88 Å². The van der Waals surface area contributed by atoms with Crippen LogP contribution in [0.15, 0.2) is 18.2 Å². The summed E-state index contributed by atoms with van der Waals surface area (Å²) >= 11 is 5.78. The third-order valence-electron chi connectivity index (χ3n) is 3.16. The maximum atomic E-state index is 13.5. The predicted molar refractivity (Wildman–Crippen MR) is 77.5 cm³/mol. The molecule has 6 heteroatoms. The van der Waals surface area contributed by atoms with Gasteiger partial charge in [-0.15, -0.1) is 11.6 Å². The number of carbonyl (C=O) groups excluding carboxylic acids is 1. The number of hydrogen-bond acceptors (Lipinski definition) is 2. The number of amides is 1. The number of benzene rings is 1. The van der Waals surface area contributed by atoms with Crippen molar-refractivity contribution in [2.45, 2.75) is 26.3 Å². The summed E-state index contributed by atoms with van der Waals surface area (Å²) in [5.41, 5.74) is 1.28. The molecule has 0 aliphatic rings. The molecule has 0 aliphatic heterocycles. The summed E-state index contributed by atoms with van der Waals surface area (Å²) in [4.78, 5) is 16.5. The molecule has 0 fully saturated rings. The topological polar surface area (TPSA) is 46.9 Å². The smallest absolute Gasteiger partial charge is 0.242 e. The highest BCUT2D eigenvalue weighted by atomic mass is 35.5. The number of halogens is 2. The first kappa shape index (κ1) is 14.8. The third-order valence-corrected chi connectivity index (χ3v) is 3.35. The molecule has 0 spiro atoms. The van der Waals surface area contributed by atoms with Gasteiger partial charge in [0.1, 0.15) is 17.7 Å². The van der Waals surface area contributed by atoms with E-state index >= 15 is 0 Å². The van der Waals surface area contributed by atoms with E-state index in [1.54, 1.807) is 17.6 Å². The van der Waals surface area contributed by atoms with Crippen molar-refractivity contribution >= 4 is 28.5 Å². The number of likely N-dealkylation sites (N-methyl/N-ethyl adjacent to an activating group) is 1. The van der Waals surface area contributed by atoms with E-state index in [2.05, 4.69) is 10.3 Å². The molecule has 0 saturated heterocycles. The van der Waals surface area contributed by atoms with Crippen LogP contribution in [-0.4, -0.2) is 27.9 Å². The zero-order chi connectivity index (χ0) is 14.7. The van der Waals surface area contributed by atoms with Gasteiger partial charge in [0.2, 0.25) is 5.91 Å². The van der Waals surface area contributed by atoms with E-state index in [0.717, 1.165) is 0 Å². The molecule has 20 heavy (non-hydrogen) atoms. The molecule has 0 saturated carbocycles. The third kappa shape index (κ3) is 2.77. The number of nitrogens with one attached hydrogen (secondary N) is 1. The Bertz CT molecular complexity index is 626. The molecule has 1 heterocycles. The van der Waals surface area contributed by atoms with E-state index in [-0.39, 0.29) is 11.7 Å². The first-order valence-electron chi connectivity index (χ1n) is 6.58. The average Bonchev–Trinajstić information content (AvgIpc) is 2.76. The number of alkyl halides is 1. The Labute approximate surface area is 121 Å². The lowest BCUT2D eigenvalue weighted by Gasteiger charge is -2.16.